The molecular weight excluding hydrogens is 228 g/mol. The van der Waals surface area contributed by atoms with Gasteiger partial charge in [0.15, 0.2) is 0 Å². The van der Waals surface area contributed by atoms with Crippen LogP contribution in [-0.2, 0) is 13.0 Å². The molecule has 5 nitrogen and oxygen atoms in total. The Labute approximate surface area is 107 Å². The molecule has 0 fully saturated rings. The van der Waals surface area contributed by atoms with Gasteiger partial charge in [-0.15, -0.1) is 0 Å². The van der Waals surface area contributed by atoms with Crippen molar-refractivity contribution in [2.45, 2.75) is 26.3 Å². The van der Waals surface area contributed by atoms with Crippen LogP contribution in [0, 0.1) is 0 Å². The molecule has 2 heterocycles. The van der Waals surface area contributed by atoms with Crippen molar-refractivity contribution in [3.8, 4) is 0 Å². The van der Waals surface area contributed by atoms with E-state index in [-0.39, 0.29) is 0 Å². The third kappa shape index (κ3) is 3.23. The van der Waals surface area contributed by atoms with Crippen LogP contribution in [0.4, 0.5) is 11.6 Å². The molecule has 2 rings (SSSR count). The lowest BCUT2D eigenvalue weighted by Gasteiger charge is -2.08. The molecule has 5 heteroatoms. The summed E-state index contributed by atoms with van der Waals surface area (Å²) in [4.78, 5) is 8.88. The first kappa shape index (κ1) is 12.4. The molecule has 2 N–H and O–H groups in total. The summed E-state index contributed by atoms with van der Waals surface area (Å²) in [6.07, 6.45) is 5.31. The van der Waals surface area contributed by atoms with E-state index in [0.29, 0.717) is 6.54 Å². The zero-order valence-corrected chi connectivity index (χ0v) is 10.7. The maximum Gasteiger partial charge on any atom is 0.133 e. The van der Waals surface area contributed by atoms with Crippen molar-refractivity contribution in [2.75, 3.05) is 17.7 Å². The van der Waals surface area contributed by atoms with Crippen molar-refractivity contribution in [2.24, 2.45) is 0 Å². The van der Waals surface area contributed by atoms with Gasteiger partial charge in [0.1, 0.15) is 17.5 Å². The van der Waals surface area contributed by atoms with Crippen molar-refractivity contribution in [1.29, 1.82) is 0 Å². The van der Waals surface area contributed by atoms with Crippen LogP contribution >= 0.6 is 0 Å². The average molecular weight is 246 g/mol. The number of hydrogen-bond acceptors (Lipinski definition) is 5. The lowest BCUT2D eigenvalue weighted by atomic mass is 10.3. The molecule has 0 aliphatic carbocycles. The zero-order valence-electron chi connectivity index (χ0n) is 10.7. The first-order valence-electron chi connectivity index (χ1n) is 6.12. The molecule has 0 saturated heterocycles. The molecule has 0 aliphatic rings. The lowest BCUT2D eigenvalue weighted by Crippen LogP contribution is -2.06. The fourth-order valence-corrected chi connectivity index (χ4v) is 1.64. The highest BCUT2D eigenvalue weighted by Crippen LogP contribution is 2.13. The maximum absolute atomic E-state index is 5.03. The molecule has 0 amide bonds. The maximum atomic E-state index is 5.03. The van der Waals surface area contributed by atoms with Crippen molar-refractivity contribution < 1.29 is 4.42 Å². The largest absolute Gasteiger partial charge is 0.472 e. The molecule has 0 atom stereocenters. The first-order valence-corrected chi connectivity index (χ1v) is 6.12. The minimum Gasteiger partial charge on any atom is -0.472 e. The van der Waals surface area contributed by atoms with Gasteiger partial charge in [0.25, 0.3) is 0 Å². The Morgan fingerprint density at radius 2 is 2.11 bits per heavy atom. The van der Waals surface area contributed by atoms with Gasteiger partial charge in [0.2, 0.25) is 0 Å². The number of nitrogens with one attached hydrogen (secondary N) is 2. The molecule has 0 aromatic carbocycles. The number of anilines is 2. The SMILES string of the molecule is CCCc1nc(NC)cc(NCc2ccoc2)n1. The predicted molar refractivity (Wildman–Crippen MR) is 71.6 cm³/mol. The van der Waals surface area contributed by atoms with Crippen LogP contribution < -0.4 is 10.6 Å². The summed E-state index contributed by atoms with van der Waals surface area (Å²) >= 11 is 0. The fourth-order valence-electron chi connectivity index (χ4n) is 1.64. The Kier molecular flexibility index (Phi) is 4.17. The minimum atomic E-state index is 0.697. The summed E-state index contributed by atoms with van der Waals surface area (Å²) in [5, 5.41) is 6.32. The van der Waals surface area contributed by atoms with Crippen LogP contribution in [0.3, 0.4) is 0 Å². The molecule has 0 aliphatic heterocycles. The zero-order chi connectivity index (χ0) is 12.8. The second-order valence-electron chi connectivity index (χ2n) is 4.04. The van der Waals surface area contributed by atoms with E-state index in [4.69, 9.17) is 4.42 Å². The van der Waals surface area contributed by atoms with Crippen LogP contribution in [0.25, 0.3) is 0 Å². The molecule has 2 aromatic heterocycles. The molecule has 18 heavy (non-hydrogen) atoms. The van der Waals surface area contributed by atoms with Crippen LogP contribution in [0.2, 0.25) is 0 Å². The third-order valence-corrected chi connectivity index (χ3v) is 2.56. The molecule has 0 saturated carbocycles. The smallest absolute Gasteiger partial charge is 0.133 e. The predicted octanol–water partition coefficient (Wildman–Crippen LogP) is 2.68. The summed E-state index contributed by atoms with van der Waals surface area (Å²) in [5.41, 5.74) is 1.09. The summed E-state index contributed by atoms with van der Waals surface area (Å²) in [6, 6.07) is 3.83. The van der Waals surface area contributed by atoms with Gasteiger partial charge < -0.3 is 15.1 Å². The fraction of sp³-hybridized carbons (Fsp3) is 0.385. The average Bonchev–Trinajstić information content (AvgIpc) is 2.89. The van der Waals surface area contributed by atoms with Crippen molar-refractivity contribution in [3.05, 3.63) is 36.0 Å². The van der Waals surface area contributed by atoms with E-state index in [9.17, 15) is 0 Å². The van der Waals surface area contributed by atoms with Crippen LogP contribution in [0.1, 0.15) is 24.7 Å². The van der Waals surface area contributed by atoms with E-state index in [0.717, 1.165) is 35.9 Å². The highest BCUT2D eigenvalue weighted by molar-refractivity contribution is 5.47. The van der Waals surface area contributed by atoms with Gasteiger partial charge in [-0.3, -0.25) is 0 Å². The van der Waals surface area contributed by atoms with E-state index >= 15 is 0 Å². The van der Waals surface area contributed by atoms with Crippen LogP contribution in [0.5, 0.6) is 0 Å². The van der Waals surface area contributed by atoms with Gasteiger partial charge in [-0.2, -0.15) is 0 Å². The highest BCUT2D eigenvalue weighted by Gasteiger charge is 2.03. The van der Waals surface area contributed by atoms with E-state index in [1.807, 2.05) is 19.2 Å². The topological polar surface area (TPSA) is 63.0 Å². The Hall–Kier alpha value is -2.04. The third-order valence-electron chi connectivity index (χ3n) is 2.56. The highest BCUT2D eigenvalue weighted by atomic mass is 16.3. The summed E-state index contributed by atoms with van der Waals surface area (Å²) < 4.78 is 5.03. The summed E-state index contributed by atoms with van der Waals surface area (Å²) in [6.45, 7) is 2.82. The van der Waals surface area contributed by atoms with Crippen molar-refractivity contribution in [3.63, 3.8) is 0 Å². The molecule has 96 valence electrons. The van der Waals surface area contributed by atoms with Gasteiger partial charge in [0, 0.05) is 31.6 Å². The lowest BCUT2D eigenvalue weighted by molar-refractivity contribution is 0.564. The second-order valence-corrected chi connectivity index (χ2v) is 4.04. The standard InChI is InChI=1S/C13H18N4O/c1-3-4-11-16-12(14-2)7-13(17-11)15-8-10-5-6-18-9-10/h5-7,9H,3-4,8H2,1-2H3,(H2,14,15,16,17). The molecule has 0 spiro atoms. The van der Waals surface area contributed by atoms with E-state index in [1.54, 1.807) is 12.5 Å². The molecule has 0 radical (unpaired) electrons. The van der Waals surface area contributed by atoms with E-state index < -0.39 is 0 Å². The van der Waals surface area contributed by atoms with E-state index in [1.165, 1.54) is 0 Å². The van der Waals surface area contributed by atoms with Crippen LogP contribution in [-0.4, -0.2) is 17.0 Å². The first-order chi connectivity index (χ1) is 8.81. The summed E-state index contributed by atoms with van der Waals surface area (Å²) in [7, 11) is 1.86. The van der Waals surface area contributed by atoms with Crippen molar-refractivity contribution >= 4 is 11.6 Å². The Bertz CT molecular complexity index is 482. The molecule has 0 bridgehead atoms. The number of rotatable bonds is 6. The quantitative estimate of drug-likeness (QED) is 0.820. The van der Waals surface area contributed by atoms with Gasteiger partial charge in [-0.05, 0) is 12.5 Å². The number of furan rings is 1. The minimum absolute atomic E-state index is 0.697. The van der Waals surface area contributed by atoms with Gasteiger partial charge in [0.05, 0.1) is 12.5 Å². The second kappa shape index (κ2) is 6.05. The van der Waals surface area contributed by atoms with Gasteiger partial charge in [-0.25, -0.2) is 9.97 Å². The normalized spacial score (nSPS) is 10.3. The van der Waals surface area contributed by atoms with Crippen molar-refractivity contribution in [1.82, 2.24) is 9.97 Å². The molecular formula is C13H18N4O. The summed E-state index contributed by atoms with van der Waals surface area (Å²) in [5.74, 6) is 2.53. The molecule has 2 aromatic rings. The number of aryl methyl sites for hydroxylation is 1. The van der Waals surface area contributed by atoms with Gasteiger partial charge >= 0.3 is 0 Å². The Morgan fingerprint density at radius 3 is 2.78 bits per heavy atom. The van der Waals surface area contributed by atoms with Crippen LogP contribution in [0.15, 0.2) is 29.1 Å². The number of nitrogens with zero attached hydrogens (tertiary/aromatic N) is 2. The number of aromatic nitrogens is 2. The Balaban J connectivity index is 2.08. The number of hydrogen-bond donors (Lipinski definition) is 2. The van der Waals surface area contributed by atoms with Gasteiger partial charge in [-0.1, -0.05) is 6.92 Å². The Morgan fingerprint density at radius 1 is 1.28 bits per heavy atom. The van der Waals surface area contributed by atoms with E-state index in [2.05, 4.69) is 27.5 Å². The molecule has 0 unspecified atom stereocenters. The monoisotopic (exact) mass is 246 g/mol.